The van der Waals surface area contributed by atoms with Gasteiger partial charge in [-0.1, -0.05) is 36.4 Å². The number of carbonyl (C=O) groups is 2. The van der Waals surface area contributed by atoms with Gasteiger partial charge in [-0.15, -0.1) is 0 Å². The largest absolute Gasteiger partial charge is 0.417 e. The molecule has 14 heteroatoms. The van der Waals surface area contributed by atoms with Crippen molar-refractivity contribution in [1.29, 1.82) is 5.26 Å². The molecule has 1 atom stereocenters. The normalized spacial score (nSPS) is 16.6. The van der Waals surface area contributed by atoms with Crippen LogP contribution in [0.5, 0.6) is 0 Å². The third-order valence-corrected chi connectivity index (χ3v) is 9.82. The summed E-state index contributed by atoms with van der Waals surface area (Å²) in [6, 6.07) is 18.5. The quantitative estimate of drug-likeness (QED) is 0.213. The third-order valence-electron chi connectivity index (χ3n) is 9.82. The fourth-order valence-electron chi connectivity index (χ4n) is 7.04. The number of alkyl halides is 3. The summed E-state index contributed by atoms with van der Waals surface area (Å²) in [5, 5.41) is 21.6. The van der Waals surface area contributed by atoms with Crippen LogP contribution in [0.1, 0.15) is 36.5 Å². The summed E-state index contributed by atoms with van der Waals surface area (Å²) in [5.74, 6) is 0.363. The Bertz CT molecular complexity index is 2210. The minimum Gasteiger partial charge on any atom is -0.338 e. The number of benzene rings is 3. The first-order valence-corrected chi connectivity index (χ1v) is 17.1. The number of anilines is 1. The number of likely N-dealkylation sites (tertiary alicyclic amines) is 1. The molecule has 1 N–H and O–H groups in total. The van der Waals surface area contributed by atoms with E-state index in [2.05, 4.69) is 38.5 Å². The summed E-state index contributed by atoms with van der Waals surface area (Å²) in [6.07, 6.45) is 0.495. The Morgan fingerprint density at radius 3 is 2.48 bits per heavy atom. The van der Waals surface area contributed by atoms with Gasteiger partial charge < -0.3 is 9.80 Å². The number of hydrogen-bond acceptors (Lipinski definition) is 7. The van der Waals surface area contributed by atoms with E-state index >= 15 is 0 Å². The number of aromatic nitrogens is 5. The lowest BCUT2D eigenvalue weighted by Crippen LogP contribution is -2.42. The number of carbonyl (C=O) groups excluding carboxylic acids is 2. The zero-order valence-electron chi connectivity index (χ0n) is 28.7. The van der Waals surface area contributed by atoms with Crippen molar-refractivity contribution in [2.45, 2.75) is 25.9 Å². The number of aryl methyl sites for hydroxylation is 1. The molecule has 11 nitrogen and oxygen atoms in total. The second-order valence-corrected chi connectivity index (χ2v) is 13.1. The van der Waals surface area contributed by atoms with E-state index in [1.54, 1.807) is 40.2 Å². The third kappa shape index (κ3) is 6.91. The second kappa shape index (κ2) is 14.1. The molecule has 4 heterocycles. The first-order chi connectivity index (χ1) is 25.0. The molecule has 5 aromatic rings. The molecule has 7 rings (SSSR count). The summed E-state index contributed by atoms with van der Waals surface area (Å²) < 4.78 is 41.9. The summed E-state index contributed by atoms with van der Waals surface area (Å²) >= 11 is 0. The molecule has 52 heavy (non-hydrogen) atoms. The molecule has 0 aliphatic carbocycles. The molecule has 3 aromatic carbocycles. The molecule has 2 aliphatic heterocycles. The zero-order valence-corrected chi connectivity index (χ0v) is 28.7. The molecule has 266 valence electrons. The number of halogens is 3. The monoisotopic (exact) mass is 707 g/mol. The number of fused-ring (bicyclic) bond motifs is 1. The van der Waals surface area contributed by atoms with Gasteiger partial charge in [-0.3, -0.25) is 24.3 Å². The molecule has 0 radical (unpaired) electrons. The van der Waals surface area contributed by atoms with Crippen molar-refractivity contribution in [3.8, 4) is 28.7 Å². The molecule has 0 bridgehead atoms. The van der Waals surface area contributed by atoms with Crippen molar-refractivity contribution in [2.24, 2.45) is 13.0 Å². The minimum atomic E-state index is -4.65. The Kier molecular flexibility index (Phi) is 9.37. The molecular formula is C38H36F3N9O2. The van der Waals surface area contributed by atoms with Gasteiger partial charge in [0.15, 0.2) is 5.82 Å². The standard InChI is InChI=1S/C38H36F3N9O2/c1-3-50(30-9-11-33-31(19-30)35(45-44-33)27-8-10-32(38(39,40)41)29(18-27)20-42)37(52)28-12-15-48(21-28)22-34(51)49-16-13-25(14-17-49)24-4-6-26(7-5-24)36-43-23-47(2)46-36/h4-11,13,18-19,23,28H,3,12,14-17,21-22H2,1-2H3,(H,44,45)/t28-/m1/s1. The number of hydrogen-bond donors (Lipinski definition) is 1. The topological polar surface area (TPSA) is 127 Å². The maximum absolute atomic E-state index is 13.8. The predicted octanol–water partition coefficient (Wildman–Crippen LogP) is 5.91. The molecule has 1 saturated heterocycles. The minimum absolute atomic E-state index is 0.0353. The van der Waals surface area contributed by atoms with Crippen molar-refractivity contribution in [3.05, 3.63) is 89.8 Å². The van der Waals surface area contributed by atoms with Gasteiger partial charge in [0, 0.05) is 55.4 Å². The van der Waals surface area contributed by atoms with Crippen LogP contribution in [0.4, 0.5) is 18.9 Å². The number of H-pyrrole nitrogens is 1. The highest BCUT2D eigenvalue weighted by atomic mass is 19.4. The van der Waals surface area contributed by atoms with Crippen LogP contribution in [0.2, 0.25) is 0 Å². The molecule has 1 fully saturated rings. The van der Waals surface area contributed by atoms with E-state index in [0.717, 1.165) is 23.6 Å². The lowest BCUT2D eigenvalue weighted by molar-refractivity contribution is -0.137. The average Bonchev–Trinajstić information content (AvgIpc) is 3.91. The Balaban J connectivity index is 0.977. The average molecular weight is 708 g/mol. The van der Waals surface area contributed by atoms with Crippen LogP contribution in [0.25, 0.3) is 39.1 Å². The van der Waals surface area contributed by atoms with E-state index in [1.165, 1.54) is 17.7 Å². The summed E-state index contributed by atoms with van der Waals surface area (Å²) in [6.45, 7) is 4.77. The molecular weight excluding hydrogens is 671 g/mol. The van der Waals surface area contributed by atoms with E-state index in [1.807, 2.05) is 35.9 Å². The number of rotatable bonds is 8. The highest BCUT2D eigenvalue weighted by molar-refractivity contribution is 6.00. The Hall–Kier alpha value is -5.81. The van der Waals surface area contributed by atoms with Crippen LogP contribution in [0.15, 0.2) is 73.1 Å². The highest BCUT2D eigenvalue weighted by Crippen LogP contribution is 2.36. The van der Waals surface area contributed by atoms with Crippen molar-refractivity contribution in [2.75, 3.05) is 44.2 Å². The number of nitriles is 1. The maximum Gasteiger partial charge on any atom is 0.417 e. The van der Waals surface area contributed by atoms with Gasteiger partial charge in [-0.25, -0.2) is 4.98 Å². The van der Waals surface area contributed by atoms with Gasteiger partial charge in [0.05, 0.1) is 35.2 Å². The van der Waals surface area contributed by atoms with Gasteiger partial charge >= 0.3 is 6.18 Å². The maximum atomic E-state index is 13.8. The molecule has 2 aromatic heterocycles. The molecule has 2 aliphatic rings. The van der Waals surface area contributed by atoms with Gasteiger partial charge in [-0.2, -0.15) is 28.6 Å². The lowest BCUT2D eigenvalue weighted by Gasteiger charge is -2.29. The van der Waals surface area contributed by atoms with Crippen LogP contribution in [0, 0.1) is 17.2 Å². The van der Waals surface area contributed by atoms with Crippen LogP contribution in [-0.4, -0.2) is 85.8 Å². The fraction of sp³-hybridized carbons (Fsp3) is 0.316. The highest BCUT2D eigenvalue weighted by Gasteiger charge is 2.35. The summed E-state index contributed by atoms with van der Waals surface area (Å²) in [7, 11) is 1.83. The number of nitrogens with one attached hydrogen (secondary N) is 1. The Morgan fingerprint density at radius 2 is 1.81 bits per heavy atom. The van der Waals surface area contributed by atoms with E-state index in [9.17, 15) is 28.0 Å². The van der Waals surface area contributed by atoms with Gasteiger partial charge in [0.25, 0.3) is 0 Å². The lowest BCUT2D eigenvalue weighted by atomic mass is 9.98. The molecule has 0 unspecified atom stereocenters. The van der Waals surface area contributed by atoms with Crippen LogP contribution < -0.4 is 4.90 Å². The van der Waals surface area contributed by atoms with E-state index in [4.69, 9.17) is 0 Å². The first kappa shape index (κ1) is 34.6. The van der Waals surface area contributed by atoms with Crippen molar-refractivity contribution >= 4 is 34.0 Å². The van der Waals surface area contributed by atoms with E-state index < -0.39 is 17.3 Å². The second-order valence-electron chi connectivity index (χ2n) is 13.1. The number of aromatic amines is 1. The summed E-state index contributed by atoms with van der Waals surface area (Å²) in [4.78, 5) is 37.0. The van der Waals surface area contributed by atoms with E-state index in [0.29, 0.717) is 72.8 Å². The SMILES string of the molecule is CCN(C(=O)[C@@H]1CCN(CC(=O)N2CC=C(c3ccc(-c4ncn(C)n4)cc3)CC2)C1)c1ccc2[nH]nc(-c3ccc(C(F)(F)F)c(C#N)c3)c2c1. The number of nitrogens with zero attached hydrogens (tertiary/aromatic N) is 8. The van der Waals surface area contributed by atoms with Crippen LogP contribution >= 0.6 is 0 Å². The molecule has 2 amide bonds. The van der Waals surface area contributed by atoms with Crippen molar-refractivity contribution in [1.82, 2.24) is 34.8 Å². The molecule has 0 saturated carbocycles. The Morgan fingerprint density at radius 1 is 1.04 bits per heavy atom. The van der Waals surface area contributed by atoms with Crippen molar-refractivity contribution in [3.63, 3.8) is 0 Å². The molecule has 0 spiro atoms. The van der Waals surface area contributed by atoms with Gasteiger partial charge in [0.2, 0.25) is 11.8 Å². The van der Waals surface area contributed by atoms with E-state index in [-0.39, 0.29) is 24.3 Å². The number of amides is 2. The van der Waals surface area contributed by atoms with Gasteiger partial charge in [-0.05, 0) is 67.8 Å². The summed E-state index contributed by atoms with van der Waals surface area (Å²) in [5.41, 5.74) is 3.77. The fourth-order valence-corrected chi connectivity index (χ4v) is 7.04. The van der Waals surface area contributed by atoms with Crippen molar-refractivity contribution < 1.29 is 22.8 Å². The van der Waals surface area contributed by atoms with Gasteiger partial charge in [0.1, 0.15) is 12.0 Å². The van der Waals surface area contributed by atoms with Crippen LogP contribution in [0.3, 0.4) is 0 Å². The van der Waals surface area contributed by atoms with Crippen LogP contribution in [-0.2, 0) is 22.8 Å². The zero-order chi connectivity index (χ0) is 36.6. The smallest absolute Gasteiger partial charge is 0.338 e. The first-order valence-electron chi connectivity index (χ1n) is 17.1. The Labute approximate surface area is 298 Å². The predicted molar refractivity (Wildman–Crippen MR) is 189 cm³/mol.